The molecule has 2 aromatic rings. The number of nitrogens with one attached hydrogen (secondary N) is 1. The SMILES string of the molecule is COc1ccc(CCNC(=O)CN2Cc3ccccc3C(O)C2)cc1. The molecule has 1 heterocycles. The van der Waals surface area contributed by atoms with E-state index in [1.54, 1.807) is 7.11 Å². The number of ether oxygens (including phenoxy) is 1. The second-order valence-corrected chi connectivity index (χ2v) is 6.33. The van der Waals surface area contributed by atoms with Crippen molar-refractivity contribution in [3.05, 3.63) is 65.2 Å². The van der Waals surface area contributed by atoms with Gasteiger partial charge in [-0.2, -0.15) is 0 Å². The summed E-state index contributed by atoms with van der Waals surface area (Å²) in [4.78, 5) is 14.1. The molecular weight excluding hydrogens is 316 g/mol. The van der Waals surface area contributed by atoms with Crippen LogP contribution in [0, 0.1) is 0 Å². The highest BCUT2D eigenvalue weighted by atomic mass is 16.5. The summed E-state index contributed by atoms with van der Waals surface area (Å²) >= 11 is 0. The first kappa shape index (κ1) is 17.5. The molecule has 0 radical (unpaired) electrons. The van der Waals surface area contributed by atoms with E-state index in [0.717, 1.165) is 28.9 Å². The number of β-amino-alcohol motifs (C(OH)–C–C–N with tert-alkyl or cyclic N) is 1. The van der Waals surface area contributed by atoms with E-state index in [2.05, 4.69) is 5.32 Å². The molecule has 1 unspecified atom stereocenters. The lowest BCUT2D eigenvalue weighted by Crippen LogP contribution is -2.41. The lowest BCUT2D eigenvalue weighted by atomic mass is 9.97. The molecule has 2 N–H and O–H groups in total. The molecule has 0 spiro atoms. The highest BCUT2D eigenvalue weighted by molar-refractivity contribution is 5.78. The highest BCUT2D eigenvalue weighted by Gasteiger charge is 2.24. The van der Waals surface area contributed by atoms with Crippen LogP contribution in [0.1, 0.15) is 22.8 Å². The molecule has 0 aliphatic carbocycles. The van der Waals surface area contributed by atoms with Gasteiger partial charge in [-0.05, 0) is 35.2 Å². The van der Waals surface area contributed by atoms with Gasteiger partial charge in [0.05, 0.1) is 19.8 Å². The van der Waals surface area contributed by atoms with Gasteiger partial charge in [0, 0.05) is 19.6 Å². The van der Waals surface area contributed by atoms with E-state index in [4.69, 9.17) is 4.74 Å². The molecule has 132 valence electrons. The maximum atomic E-state index is 12.2. The van der Waals surface area contributed by atoms with Gasteiger partial charge in [-0.25, -0.2) is 0 Å². The van der Waals surface area contributed by atoms with Crippen molar-refractivity contribution in [2.45, 2.75) is 19.1 Å². The largest absolute Gasteiger partial charge is 0.497 e. The van der Waals surface area contributed by atoms with Crippen molar-refractivity contribution in [1.29, 1.82) is 0 Å². The van der Waals surface area contributed by atoms with Crippen molar-refractivity contribution in [3.8, 4) is 5.75 Å². The molecule has 0 saturated carbocycles. The van der Waals surface area contributed by atoms with E-state index in [-0.39, 0.29) is 5.91 Å². The molecule has 5 nitrogen and oxygen atoms in total. The summed E-state index contributed by atoms with van der Waals surface area (Å²) < 4.78 is 5.13. The first-order valence-electron chi connectivity index (χ1n) is 8.53. The molecule has 5 heteroatoms. The van der Waals surface area contributed by atoms with Gasteiger partial charge in [-0.3, -0.25) is 9.69 Å². The minimum absolute atomic E-state index is 0.0138. The first-order chi connectivity index (χ1) is 12.2. The summed E-state index contributed by atoms with van der Waals surface area (Å²) in [5.41, 5.74) is 3.22. The van der Waals surface area contributed by atoms with Crippen LogP contribution in [-0.2, 0) is 17.8 Å². The highest BCUT2D eigenvalue weighted by Crippen LogP contribution is 2.25. The van der Waals surface area contributed by atoms with E-state index in [9.17, 15) is 9.90 Å². The fraction of sp³-hybridized carbons (Fsp3) is 0.350. The summed E-state index contributed by atoms with van der Waals surface area (Å²) in [5.74, 6) is 0.816. The van der Waals surface area contributed by atoms with Crippen LogP contribution in [0.4, 0.5) is 0 Å². The van der Waals surface area contributed by atoms with Crippen LogP contribution in [0.3, 0.4) is 0 Å². The van der Waals surface area contributed by atoms with Crippen LogP contribution in [0.15, 0.2) is 48.5 Å². The number of amides is 1. The standard InChI is InChI=1S/C20H24N2O3/c1-25-17-8-6-15(7-9-17)10-11-21-20(24)14-22-12-16-4-2-3-5-18(16)19(23)13-22/h2-9,19,23H,10-14H2,1H3,(H,21,24). The average Bonchev–Trinajstić information content (AvgIpc) is 2.62. The fourth-order valence-corrected chi connectivity index (χ4v) is 3.17. The molecule has 0 bridgehead atoms. The van der Waals surface area contributed by atoms with Crippen LogP contribution in [0.5, 0.6) is 5.75 Å². The van der Waals surface area contributed by atoms with Gasteiger partial charge in [0.2, 0.25) is 5.91 Å². The zero-order valence-corrected chi connectivity index (χ0v) is 14.4. The molecule has 1 aliphatic rings. The fourth-order valence-electron chi connectivity index (χ4n) is 3.17. The number of rotatable bonds is 6. The molecular formula is C20H24N2O3. The molecule has 25 heavy (non-hydrogen) atoms. The summed E-state index contributed by atoms with van der Waals surface area (Å²) in [6, 6.07) is 15.7. The minimum atomic E-state index is -0.531. The number of benzene rings is 2. The van der Waals surface area contributed by atoms with Crippen LogP contribution in [0.25, 0.3) is 0 Å². The third-order valence-corrected chi connectivity index (χ3v) is 4.50. The Hall–Kier alpha value is -2.37. The second-order valence-electron chi connectivity index (χ2n) is 6.33. The van der Waals surface area contributed by atoms with Gasteiger partial charge in [0.25, 0.3) is 0 Å². The van der Waals surface area contributed by atoms with E-state index in [1.807, 2.05) is 53.4 Å². The van der Waals surface area contributed by atoms with Gasteiger partial charge in [0.1, 0.15) is 5.75 Å². The van der Waals surface area contributed by atoms with Gasteiger partial charge in [0.15, 0.2) is 0 Å². The number of aliphatic hydroxyl groups excluding tert-OH is 1. The molecule has 1 atom stereocenters. The number of fused-ring (bicyclic) bond motifs is 1. The van der Waals surface area contributed by atoms with Crippen LogP contribution in [0.2, 0.25) is 0 Å². The molecule has 1 aliphatic heterocycles. The zero-order valence-electron chi connectivity index (χ0n) is 14.4. The Labute approximate surface area is 148 Å². The van der Waals surface area contributed by atoms with Crippen molar-refractivity contribution >= 4 is 5.91 Å². The Balaban J connectivity index is 1.45. The van der Waals surface area contributed by atoms with E-state index in [1.165, 1.54) is 0 Å². The number of carbonyl (C=O) groups excluding carboxylic acids is 1. The third-order valence-electron chi connectivity index (χ3n) is 4.50. The monoisotopic (exact) mass is 340 g/mol. The average molecular weight is 340 g/mol. The predicted molar refractivity (Wildman–Crippen MR) is 96.4 cm³/mol. The summed E-state index contributed by atoms with van der Waals surface area (Å²) in [6.07, 6.45) is 0.248. The van der Waals surface area contributed by atoms with Gasteiger partial charge in [-0.15, -0.1) is 0 Å². The minimum Gasteiger partial charge on any atom is -0.497 e. The zero-order chi connectivity index (χ0) is 17.6. The molecule has 3 rings (SSSR count). The van der Waals surface area contributed by atoms with Crippen LogP contribution in [-0.4, -0.2) is 42.7 Å². The van der Waals surface area contributed by atoms with Crippen molar-refractivity contribution in [2.75, 3.05) is 26.7 Å². The maximum Gasteiger partial charge on any atom is 0.234 e. The number of nitrogens with zero attached hydrogens (tertiary/aromatic N) is 1. The molecule has 0 fully saturated rings. The van der Waals surface area contributed by atoms with Crippen LogP contribution < -0.4 is 10.1 Å². The van der Waals surface area contributed by atoms with Crippen molar-refractivity contribution in [1.82, 2.24) is 10.2 Å². The number of hydrogen-bond acceptors (Lipinski definition) is 4. The smallest absolute Gasteiger partial charge is 0.234 e. The maximum absolute atomic E-state index is 12.2. The molecule has 1 amide bonds. The Morgan fingerprint density at radius 2 is 2.00 bits per heavy atom. The topological polar surface area (TPSA) is 61.8 Å². The number of hydrogen-bond donors (Lipinski definition) is 2. The second kappa shape index (κ2) is 8.14. The van der Waals surface area contributed by atoms with Gasteiger partial charge >= 0.3 is 0 Å². The number of carbonyl (C=O) groups is 1. The number of aliphatic hydroxyl groups is 1. The molecule has 0 aromatic heterocycles. The lowest BCUT2D eigenvalue weighted by molar-refractivity contribution is -0.122. The van der Waals surface area contributed by atoms with Crippen LogP contribution >= 0.6 is 0 Å². The summed E-state index contributed by atoms with van der Waals surface area (Å²) in [7, 11) is 1.64. The van der Waals surface area contributed by atoms with E-state index >= 15 is 0 Å². The summed E-state index contributed by atoms with van der Waals surface area (Å²) in [5, 5.41) is 13.2. The lowest BCUT2D eigenvalue weighted by Gasteiger charge is -2.31. The summed E-state index contributed by atoms with van der Waals surface area (Å²) in [6.45, 7) is 2.08. The third kappa shape index (κ3) is 4.59. The van der Waals surface area contributed by atoms with Crippen molar-refractivity contribution in [2.24, 2.45) is 0 Å². The van der Waals surface area contributed by atoms with Crippen molar-refractivity contribution in [3.63, 3.8) is 0 Å². The first-order valence-corrected chi connectivity index (χ1v) is 8.53. The van der Waals surface area contributed by atoms with Gasteiger partial charge in [-0.1, -0.05) is 36.4 Å². The Bertz CT molecular complexity index is 715. The van der Waals surface area contributed by atoms with E-state index < -0.39 is 6.10 Å². The predicted octanol–water partition coefficient (Wildman–Crippen LogP) is 1.90. The number of methoxy groups -OCH3 is 1. The molecule has 0 saturated heterocycles. The normalized spacial score (nSPS) is 17.0. The Morgan fingerprint density at radius 3 is 2.76 bits per heavy atom. The van der Waals surface area contributed by atoms with E-state index in [0.29, 0.717) is 26.2 Å². The molecule has 2 aromatic carbocycles. The quantitative estimate of drug-likeness (QED) is 0.843. The van der Waals surface area contributed by atoms with Gasteiger partial charge < -0.3 is 15.2 Å². The van der Waals surface area contributed by atoms with Crippen molar-refractivity contribution < 1.29 is 14.6 Å². The Morgan fingerprint density at radius 1 is 1.24 bits per heavy atom. The Kier molecular flexibility index (Phi) is 5.68.